The van der Waals surface area contributed by atoms with Gasteiger partial charge in [-0.25, -0.2) is 9.48 Å². The van der Waals surface area contributed by atoms with E-state index in [2.05, 4.69) is 10.4 Å². The van der Waals surface area contributed by atoms with Crippen molar-refractivity contribution in [1.29, 1.82) is 0 Å². The van der Waals surface area contributed by atoms with E-state index in [-0.39, 0.29) is 35.6 Å². The molecule has 0 bridgehead atoms. The molecule has 0 fully saturated rings. The fourth-order valence-corrected chi connectivity index (χ4v) is 4.41. The molecule has 2 N–H and O–H groups in total. The molecule has 4 rings (SSSR count). The molecule has 0 saturated heterocycles. The summed E-state index contributed by atoms with van der Waals surface area (Å²) in [6.07, 6.45) is 0.375. The molecule has 1 amide bonds. The number of ketones is 1. The fourth-order valence-electron chi connectivity index (χ4n) is 4.24. The SMILES string of the molecule is CCC(=O)c1ccc(Cl)cc1-c1cc(=O)n([C@@H](Cc2ccccc2)C(=O)Nc2ccc(C(=O)O)cc2)nc1OC. The number of nitrogens with one attached hydrogen (secondary N) is 1. The number of benzene rings is 3. The first-order valence-electron chi connectivity index (χ1n) is 12.4. The highest BCUT2D eigenvalue weighted by Gasteiger charge is 2.26. The summed E-state index contributed by atoms with van der Waals surface area (Å²) >= 11 is 6.23. The van der Waals surface area contributed by atoms with E-state index in [9.17, 15) is 19.2 Å². The van der Waals surface area contributed by atoms with Crippen molar-refractivity contribution in [3.8, 4) is 17.0 Å². The lowest BCUT2D eigenvalue weighted by Crippen LogP contribution is -2.36. The first-order chi connectivity index (χ1) is 19.2. The van der Waals surface area contributed by atoms with E-state index < -0.39 is 23.5 Å². The molecular weight excluding hydrogens is 534 g/mol. The maximum atomic E-state index is 13.5. The molecule has 4 aromatic rings. The Morgan fingerprint density at radius 2 is 1.70 bits per heavy atom. The van der Waals surface area contributed by atoms with Crippen LogP contribution in [0.15, 0.2) is 83.7 Å². The zero-order valence-corrected chi connectivity index (χ0v) is 22.5. The summed E-state index contributed by atoms with van der Waals surface area (Å²) in [4.78, 5) is 50.9. The number of carbonyl (C=O) groups excluding carboxylic acids is 2. The standard InChI is InChI=1S/C30H26ClN3O6/c1-3-26(35)22-14-11-20(31)16-23(22)24-17-27(36)34(33-29(24)40-2)25(15-18-7-5-4-6-8-18)28(37)32-21-12-9-19(10-13-21)30(38)39/h4-14,16-17,25H,3,15H2,1-2H3,(H,32,37)(H,38,39)/t25-/m0/s1. The molecule has 204 valence electrons. The minimum Gasteiger partial charge on any atom is -0.480 e. The van der Waals surface area contributed by atoms with Gasteiger partial charge in [-0.2, -0.15) is 0 Å². The van der Waals surface area contributed by atoms with Crippen LogP contribution in [0.4, 0.5) is 5.69 Å². The number of carbonyl (C=O) groups is 3. The summed E-state index contributed by atoms with van der Waals surface area (Å²) in [5.41, 5.74) is 1.65. The number of anilines is 1. The van der Waals surface area contributed by atoms with Crippen molar-refractivity contribution in [3.63, 3.8) is 0 Å². The van der Waals surface area contributed by atoms with Gasteiger partial charge in [0.2, 0.25) is 11.8 Å². The van der Waals surface area contributed by atoms with Crippen molar-refractivity contribution >= 4 is 34.9 Å². The predicted molar refractivity (Wildman–Crippen MR) is 151 cm³/mol. The molecule has 1 atom stereocenters. The van der Waals surface area contributed by atoms with E-state index in [1.807, 2.05) is 30.3 Å². The molecule has 1 heterocycles. The second-order valence-electron chi connectivity index (χ2n) is 8.89. The van der Waals surface area contributed by atoms with E-state index in [1.165, 1.54) is 37.4 Å². The monoisotopic (exact) mass is 559 g/mol. The molecule has 0 aliphatic rings. The topological polar surface area (TPSA) is 128 Å². The molecule has 1 aromatic heterocycles. The molecule has 0 unspecified atom stereocenters. The Labute approximate surface area is 235 Å². The van der Waals surface area contributed by atoms with Gasteiger partial charge in [0.05, 0.1) is 18.2 Å². The normalized spacial score (nSPS) is 11.5. The van der Waals surface area contributed by atoms with Crippen LogP contribution in [0, 0.1) is 0 Å². The maximum absolute atomic E-state index is 13.5. The van der Waals surface area contributed by atoms with Gasteiger partial charge in [0.1, 0.15) is 6.04 Å². The number of amides is 1. The predicted octanol–water partition coefficient (Wildman–Crippen LogP) is 5.29. The lowest BCUT2D eigenvalue weighted by molar-refractivity contribution is -0.119. The maximum Gasteiger partial charge on any atom is 0.335 e. The second-order valence-corrected chi connectivity index (χ2v) is 9.33. The number of methoxy groups -OCH3 is 1. The number of aromatic nitrogens is 2. The Morgan fingerprint density at radius 3 is 2.33 bits per heavy atom. The Kier molecular flexibility index (Phi) is 8.76. The van der Waals surface area contributed by atoms with Crippen LogP contribution in [0.1, 0.15) is 45.7 Å². The van der Waals surface area contributed by atoms with E-state index in [0.717, 1.165) is 10.2 Å². The van der Waals surface area contributed by atoms with Gasteiger partial charge >= 0.3 is 5.97 Å². The van der Waals surface area contributed by atoms with Gasteiger partial charge in [-0.05, 0) is 53.6 Å². The molecule has 0 spiro atoms. The number of hydrogen-bond acceptors (Lipinski definition) is 6. The molecule has 0 aliphatic carbocycles. The van der Waals surface area contributed by atoms with E-state index in [4.69, 9.17) is 21.4 Å². The number of hydrogen-bond donors (Lipinski definition) is 2. The molecule has 0 aliphatic heterocycles. The largest absolute Gasteiger partial charge is 0.480 e. The fraction of sp³-hybridized carbons (Fsp3) is 0.167. The minimum atomic E-state index is -1.09. The second kappa shape index (κ2) is 12.4. The van der Waals surface area contributed by atoms with Crippen molar-refractivity contribution in [3.05, 3.63) is 111 Å². The van der Waals surface area contributed by atoms with Crippen molar-refractivity contribution in [1.82, 2.24) is 9.78 Å². The average Bonchev–Trinajstić information content (AvgIpc) is 2.96. The first kappa shape index (κ1) is 28.3. The Hall–Kier alpha value is -4.76. The molecule has 10 heteroatoms. The van der Waals surface area contributed by atoms with Crippen molar-refractivity contribution in [2.75, 3.05) is 12.4 Å². The minimum absolute atomic E-state index is 0.0312. The van der Waals surface area contributed by atoms with E-state index >= 15 is 0 Å². The van der Waals surface area contributed by atoms with Gasteiger partial charge in [0.15, 0.2) is 5.78 Å². The third kappa shape index (κ3) is 6.27. The highest BCUT2D eigenvalue weighted by atomic mass is 35.5. The van der Waals surface area contributed by atoms with Gasteiger partial charge in [-0.15, -0.1) is 5.10 Å². The van der Waals surface area contributed by atoms with Crippen LogP contribution >= 0.6 is 11.6 Å². The van der Waals surface area contributed by atoms with E-state index in [0.29, 0.717) is 21.8 Å². The number of ether oxygens (including phenoxy) is 1. The van der Waals surface area contributed by atoms with Crippen LogP contribution in [0.3, 0.4) is 0 Å². The van der Waals surface area contributed by atoms with Crippen LogP contribution in [0.5, 0.6) is 5.88 Å². The molecule has 9 nitrogen and oxygen atoms in total. The smallest absolute Gasteiger partial charge is 0.335 e. The lowest BCUT2D eigenvalue weighted by Gasteiger charge is -2.20. The Balaban J connectivity index is 1.79. The van der Waals surface area contributed by atoms with Crippen LogP contribution < -0.4 is 15.6 Å². The van der Waals surface area contributed by atoms with Gasteiger partial charge < -0.3 is 15.2 Å². The third-order valence-corrected chi connectivity index (χ3v) is 6.51. The Morgan fingerprint density at radius 1 is 1.00 bits per heavy atom. The summed E-state index contributed by atoms with van der Waals surface area (Å²) in [5.74, 6) is -1.75. The highest BCUT2D eigenvalue weighted by molar-refractivity contribution is 6.31. The summed E-state index contributed by atoms with van der Waals surface area (Å²) in [5, 5.41) is 16.7. The third-order valence-electron chi connectivity index (χ3n) is 6.28. The molecule has 0 radical (unpaired) electrons. The van der Waals surface area contributed by atoms with Crippen LogP contribution in [-0.2, 0) is 11.2 Å². The van der Waals surface area contributed by atoms with Crippen molar-refractivity contribution < 1.29 is 24.2 Å². The molecule has 40 heavy (non-hydrogen) atoms. The zero-order chi connectivity index (χ0) is 28.8. The highest BCUT2D eigenvalue weighted by Crippen LogP contribution is 2.33. The summed E-state index contributed by atoms with van der Waals surface area (Å²) in [6, 6.07) is 19.7. The zero-order valence-electron chi connectivity index (χ0n) is 21.8. The number of carboxylic acids is 1. The van der Waals surface area contributed by atoms with Crippen LogP contribution in [0.25, 0.3) is 11.1 Å². The number of nitrogens with zero attached hydrogens (tertiary/aromatic N) is 2. The number of aromatic carboxylic acids is 1. The number of Topliss-reactive ketones (excluding diaryl/α,β-unsaturated/α-hetero) is 1. The van der Waals surface area contributed by atoms with Crippen LogP contribution in [0.2, 0.25) is 5.02 Å². The number of rotatable bonds is 10. The number of halogens is 1. The van der Waals surface area contributed by atoms with Gasteiger partial charge in [0.25, 0.3) is 5.56 Å². The average molecular weight is 560 g/mol. The molecule has 0 saturated carbocycles. The Bertz CT molecular complexity index is 1620. The number of carboxylic acid groups (broad SMARTS) is 1. The molecular formula is C30H26ClN3O6. The van der Waals surface area contributed by atoms with Crippen molar-refractivity contribution in [2.24, 2.45) is 0 Å². The summed E-state index contributed by atoms with van der Waals surface area (Å²) in [7, 11) is 1.38. The lowest BCUT2D eigenvalue weighted by atomic mass is 9.97. The molecule has 3 aromatic carbocycles. The van der Waals surface area contributed by atoms with E-state index in [1.54, 1.807) is 25.1 Å². The first-order valence-corrected chi connectivity index (χ1v) is 12.8. The van der Waals surface area contributed by atoms with Crippen LogP contribution in [-0.4, -0.2) is 39.7 Å². The summed E-state index contributed by atoms with van der Waals surface area (Å²) in [6.45, 7) is 1.73. The van der Waals surface area contributed by atoms with Crippen molar-refractivity contribution in [2.45, 2.75) is 25.8 Å². The van der Waals surface area contributed by atoms with Gasteiger partial charge in [-0.3, -0.25) is 14.4 Å². The van der Waals surface area contributed by atoms with Gasteiger partial charge in [-0.1, -0.05) is 48.9 Å². The summed E-state index contributed by atoms with van der Waals surface area (Å²) < 4.78 is 6.57. The van der Waals surface area contributed by atoms with Gasteiger partial charge in [0, 0.05) is 35.2 Å². The quantitative estimate of drug-likeness (QED) is 0.253.